The Morgan fingerprint density at radius 2 is 1.94 bits per heavy atom. The number of ketones is 1. The van der Waals surface area contributed by atoms with Gasteiger partial charge in [0.2, 0.25) is 5.78 Å². The van der Waals surface area contributed by atoms with Crippen LogP contribution in [0.5, 0.6) is 0 Å². The van der Waals surface area contributed by atoms with Gasteiger partial charge in [-0.05, 0) is 27.6 Å². The summed E-state index contributed by atoms with van der Waals surface area (Å²) in [5.41, 5.74) is 0.996. The standard InChI is InChI=1S/C13H11BrO2/c1-9(10-5-3-2-4-6-10)12(15)13-11(14)7-8-16-13/h2-9H,1H3. The number of rotatable bonds is 3. The first-order valence-electron chi connectivity index (χ1n) is 5.02. The molecule has 1 atom stereocenters. The first-order chi connectivity index (χ1) is 7.70. The summed E-state index contributed by atoms with van der Waals surface area (Å²) in [4.78, 5) is 12.1. The van der Waals surface area contributed by atoms with Crippen molar-refractivity contribution in [3.8, 4) is 0 Å². The number of carbonyl (C=O) groups is 1. The fourth-order valence-electron chi connectivity index (χ4n) is 1.56. The number of Topliss-reactive ketones (excluding diaryl/α,β-unsaturated/α-hetero) is 1. The zero-order valence-corrected chi connectivity index (χ0v) is 10.4. The molecule has 16 heavy (non-hydrogen) atoms. The molecule has 0 fully saturated rings. The van der Waals surface area contributed by atoms with E-state index in [4.69, 9.17) is 4.42 Å². The van der Waals surface area contributed by atoms with Gasteiger partial charge in [-0.25, -0.2) is 0 Å². The van der Waals surface area contributed by atoms with E-state index >= 15 is 0 Å². The molecular formula is C13H11BrO2. The van der Waals surface area contributed by atoms with Crippen molar-refractivity contribution in [1.82, 2.24) is 0 Å². The van der Waals surface area contributed by atoms with Gasteiger partial charge in [0.05, 0.1) is 10.7 Å². The second-order valence-electron chi connectivity index (χ2n) is 3.59. The molecule has 82 valence electrons. The molecule has 2 aromatic rings. The van der Waals surface area contributed by atoms with Gasteiger partial charge in [0.15, 0.2) is 5.76 Å². The highest BCUT2D eigenvalue weighted by Crippen LogP contribution is 2.25. The van der Waals surface area contributed by atoms with Gasteiger partial charge in [-0.2, -0.15) is 0 Å². The summed E-state index contributed by atoms with van der Waals surface area (Å²) in [6.07, 6.45) is 1.51. The smallest absolute Gasteiger partial charge is 0.206 e. The largest absolute Gasteiger partial charge is 0.460 e. The van der Waals surface area contributed by atoms with Crippen molar-refractivity contribution in [1.29, 1.82) is 0 Å². The minimum Gasteiger partial charge on any atom is -0.460 e. The second kappa shape index (κ2) is 4.66. The number of hydrogen-bond acceptors (Lipinski definition) is 2. The lowest BCUT2D eigenvalue weighted by molar-refractivity contribution is 0.0938. The number of halogens is 1. The minimum atomic E-state index is -0.191. The summed E-state index contributed by atoms with van der Waals surface area (Å²) in [6, 6.07) is 11.4. The summed E-state index contributed by atoms with van der Waals surface area (Å²) >= 11 is 3.29. The van der Waals surface area contributed by atoms with E-state index in [9.17, 15) is 4.79 Å². The molecule has 0 aliphatic carbocycles. The maximum Gasteiger partial charge on any atom is 0.206 e. The van der Waals surface area contributed by atoms with Gasteiger partial charge in [-0.15, -0.1) is 0 Å². The minimum absolute atomic E-state index is 0.0110. The van der Waals surface area contributed by atoms with E-state index in [0.717, 1.165) is 5.56 Å². The third kappa shape index (κ3) is 2.09. The van der Waals surface area contributed by atoms with Crippen LogP contribution in [0.25, 0.3) is 0 Å². The molecule has 2 nitrogen and oxygen atoms in total. The molecule has 0 N–H and O–H groups in total. The molecule has 1 aromatic carbocycles. The Labute approximate surface area is 102 Å². The van der Waals surface area contributed by atoms with Crippen LogP contribution in [0.1, 0.15) is 29.0 Å². The van der Waals surface area contributed by atoms with Crippen LogP contribution in [0.15, 0.2) is 51.6 Å². The van der Waals surface area contributed by atoms with Crippen LogP contribution in [0.4, 0.5) is 0 Å². The summed E-state index contributed by atoms with van der Waals surface area (Å²) in [5, 5.41) is 0. The highest BCUT2D eigenvalue weighted by molar-refractivity contribution is 9.10. The third-order valence-electron chi connectivity index (χ3n) is 2.53. The quantitative estimate of drug-likeness (QED) is 0.794. The normalized spacial score (nSPS) is 12.4. The van der Waals surface area contributed by atoms with Gasteiger partial charge >= 0.3 is 0 Å². The number of hydrogen-bond donors (Lipinski definition) is 0. The summed E-state index contributed by atoms with van der Waals surface area (Å²) in [6.45, 7) is 1.88. The Hall–Kier alpha value is -1.35. The Morgan fingerprint density at radius 1 is 1.25 bits per heavy atom. The topological polar surface area (TPSA) is 30.2 Å². The Bertz CT molecular complexity index is 488. The van der Waals surface area contributed by atoms with Crippen molar-refractivity contribution in [3.63, 3.8) is 0 Å². The van der Waals surface area contributed by atoms with Gasteiger partial charge in [0, 0.05) is 5.92 Å². The molecule has 0 aliphatic heterocycles. The first kappa shape index (κ1) is 11.1. The average molecular weight is 279 g/mol. The summed E-state index contributed by atoms with van der Waals surface area (Å²) in [7, 11) is 0. The average Bonchev–Trinajstić information content (AvgIpc) is 2.75. The lowest BCUT2D eigenvalue weighted by atomic mass is 9.95. The molecule has 3 heteroatoms. The molecule has 0 amide bonds. The van der Waals surface area contributed by atoms with Crippen LogP contribution < -0.4 is 0 Å². The van der Waals surface area contributed by atoms with E-state index in [1.54, 1.807) is 6.07 Å². The second-order valence-corrected chi connectivity index (χ2v) is 4.45. The van der Waals surface area contributed by atoms with E-state index in [1.165, 1.54) is 6.26 Å². The van der Waals surface area contributed by atoms with Crippen LogP contribution in [0, 0.1) is 0 Å². The fourth-order valence-corrected chi connectivity index (χ4v) is 1.96. The number of carbonyl (C=O) groups excluding carboxylic acids is 1. The molecule has 1 aromatic heterocycles. The maximum absolute atomic E-state index is 12.1. The van der Waals surface area contributed by atoms with Crippen molar-refractivity contribution in [2.75, 3.05) is 0 Å². The van der Waals surface area contributed by atoms with Crippen LogP contribution >= 0.6 is 15.9 Å². The van der Waals surface area contributed by atoms with Gasteiger partial charge in [0.1, 0.15) is 0 Å². The Kier molecular flexibility index (Phi) is 3.25. The lowest BCUT2D eigenvalue weighted by Crippen LogP contribution is -2.09. The zero-order valence-electron chi connectivity index (χ0n) is 8.81. The van der Waals surface area contributed by atoms with E-state index in [-0.39, 0.29) is 11.7 Å². The summed E-state index contributed by atoms with van der Waals surface area (Å²) in [5.74, 6) is 0.183. The van der Waals surface area contributed by atoms with E-state index in [1.807, 2.05) is 37.3 Å². The predicted octanol–water partition coefficient (Wildman–Crippen LogP) is 4.03. The van der Waals surface area contributed by atoms with E-state index in [2.05, 4.69) is 15.9 Å². The van der Waals surface area contributed by atoms with Crippen LogP contribution in [0.2, 0.25) is 0 Å². The van der Waals surface area contributed by atoms with Gasteiger partial charge in [-0.1, -0.05) is 37.3 Å². The van der Waals surface area contributed by atoms with Crippen LogP contribution in [-0.2, 0) is 0 Å². The summed E-state index contributed by atoms with van der Waals surface area (Å²) < 4.78 is 5.88. The maximum atomic E-state index is 12.1. The monoisotopic (exact) mass is 278 g/mol. The molecule has 0 aliphatic rings. The van der Waals surface area contributed by atoms with E-state index < -0.39 is 0 Å². The fraction of sp³-hybridized carbons (Fsp3) is 0.154. The molecule has 0 bridgehead atoms. The van der Waals surface area contributed by atoms with Crippen molar-refractivity contribution in [2.45, 2.75) is 12.8 Å². The molecule has 1 heterocycles. The van der Waals surface area contributed by atoms with Crippen molar-refractivity contribution in [2.24, 2.45) is 0 Å². The van der Waals surface area contributed by atoms with Gasteiger partial charge < -0.3 is 4.42 Å². The number of furan rings is 1. The molecular weight excluding hydrogens is 268 g/mol. The molecule has 0 spiro atoms. The van der Waals surface area contributed by atoms with Crippen LogP contribution in [-0.4, -0.2) is 5.78 Å². The molecule has 1 unspecified atom stereocenters. The van der Waals surface area contributed by atoms with E-state index in [0.29, 0.717) is 10.2 Å². The lowest BCUT2D eigenvalue weighted by Gasteiger charge is -2.08. The molecule has 0 radical (unpaired) electrons. The predicted molar refractivity (Wildman–Crippen MR) is 65.6 cm³/mol. The highest BCUT2D eigenvalue weighted by atomic mass is 79.9. The zero-order chi connectivity index (χ0) is 11.5. The van der Waals surface area contributed by atoms with Gasteiger partial charge in [-0.3, -0.25) is 4.79 Å². The van der Waals surface area contributed by atoms with Gasteiger partial charge in [0.25, 0.3) is 0 Å². The number of benzene rings is 1. The molecule has 0 saturated heterocycles. The van der Waals surface area contributed by atoms with Crippen molar-refractivity contribution < 1.29 is 9.21 Å². The Morgan fingerprint density at radius 3 is 2.50 bits per heavy atom. The highest BCUT2D eigenvalue weighted by Gasteiger charge is 2.21. The SMILES string of the molecule is CC(C(=O)c1occc1Br)c1ccccc1. The third-order valence-corrected chi connectivity index (χ3v) is 3.16. The first-order valence-corrected chi connectivity index (χ1v) is 5.81. The van der Waals surface area contributed by atoms with Crippen molar-refractivity contribution >= 4 is 21.7 Å². The molecule has 2 rings (SSSR count). The van der Waals surface area contributed by atoms with Crippen molar-refractivity contribution in [3.05, 3.63) is 58.5 Å². The van der Waals surface area contributed by atoms with Crippen LogP contribution in [0.3, 0.4) is 0 Å². The molecule has 0 saturated carbocycles. The Balaban J connectivity index is 2.27.